The van der Waals surface area contributed by atoms with Crippen LogP contribution in [0, 0.1) is 20.2 Å². The van der Waals surface area contributed by atoms with Crippen molar-refractivity contribution in [1.29, 1.82) is 0 Å². The Morgan fingerprint density at radius 1 is 1.00 bits per heavy atom. The molecule has 0 aliphatic heterocycles. The number of nitro groups is 2. The summed E-state index contributed by atoms with van der Waals surface area (Å²) in [6, 6.07) is 8.54. The highest BCUT2D eigenvalue weighted by molar-refractivity contribution is 5.95. The van der Waals surface area contributed by atoms with Gasteiger partial charge in [0.05, 0.1) is 21.5 Å². The summed E-state index contributed by atoms with van der Waals surface area (Å²) in [5, 5.41) is 24.2. The number of nitrogens with zero attached hydrogens (tertiary/aromatic N) is 3. The number of non-ortho nitro benzene ring substituents is 2. The molecule has 0 saturated heterocycles. The zero-order valence-electron chi connectivity index (χ0n) is 12.6. The van der Waals surface area contributed by atoms with Crippen molar-refractivity contribution in [2.75, 3.05) is 6.54 Å². The van der Waals surface area contributed by atoms with E-state index in [4.69, 9.17) is 0 Å². The average Bonchev–Trinajstić information content (AvgIpc) is 2.59. The average molecular weight is 331 g/mol. The Morgan fingerprint density at radius 3 is 2.12 bits per heavy atom. The molecule has 0 aliphatic carbocycles. The molecule has 124 valence electrons. The van der Waals surface area contributed by atoms with Crippen LogP contribution in [0.1, 0.15) is 16.8 Å². The molecular weight excluding hydrogens is 316 g/mol. The maximum absolute atomic E-state index is 12.0. The maximum atomic E-state index is 12.0. The topological polar surface area (TPSA) is 119 Å². The van der Waals surface area contributed by atoms with Crippen molar-refractivity contribution in [1.82, 2.24) is 5.32 Å². The van der Waals surface area contributed by atoms with E-state index in [9.17, 15) is 25.0 Å². The summed E-state index contributed by atoms with van der Waals surface area (Å²) < 4.78 is 1.95. The number of carbonyl (C=O) groups is 1. The number of aryl methyl sites for hydroxylation is 1. The van der Waals surface area contributed by atoms with Crippen molar-refractivity contribution >= 4 is 17.3 Å². The lowest BCUT2D eigenvalue weighted by Crippen LogP contribution is -2.35. The number of amides is 1. The van der Waals surface area contributed by atoms with Gasteiger partial charge in [-0.25, -0.2) is 4.57 Å². The molecule has 2 aromatic rings. The van der Waals surface area contributed by atoms with E-state index in [1.165, 1.54) is 0 Å². The quantitative estimate of drug-likeness (QED) is 0.358. The van der Waals surface area contributed by atoms with Gasteiger partial charge >= 0.3 is 0 Å². The molecule has 1 amide bonds. The normalized spacial score (nSPS) is 10.2. The summed E-state index contributed by atoms with van der Waals surface area (Å²) in [5.41, 5.74) is -1.09. The van der Waals surface area contributed by atoms with Crippen molar-refractivity contribution < 1.29 is 19.2 Å². The zero-order chi connectivity index (χ0) is 17.5. The highest BCUT2D eigenvalue weighted by atomic mass is 16.6. The van der Waals surface area contributed by atoms with E-state index in [0.29, 0.717) is 19.5 Å². The van der Waals surface area contributed by atoms with Gasteiger partial charge in [-0.1, -0.05) is 6.07 Å². The first-order chi connectivity index (χ1) is 11.5. The van der Waals surface area contributed by atoms with Gasteiger partial charge < -0.3 is 5.32 Å². The largest absolute Gasteiger partial charge is 0.352 e. The molecule has 24 heavy (non-hydrogen) atoms. The third-order valence-electron chi connectivity index (χ3n) is 3.24. The number of carbonyl (C=O) groups excluding carboxylic acids is 1. The smallest absolute Gasteiger partial charge is 0.277 e. The van der Waals surface area contributed by atoms with Crippen LogP contribution in [-0.2, 0) is 6.54 Å². The third kappa shape index (κ3) is 4.57. The molecule has 9 nitrogen and oxygen atoms in total. The summed E-state index contributed by atoms with van der Waals surface area (Å²) in [6.45, 7) is 1.04. The van der Waals surface area contributed by atoms with Gasteiger partial charge in [-0.15, -0.1) is 0 Å². The second-order valence-electron chi connectivity index (χ2n) is 4.98. The fourth-order valence-corrected chi connectivity index (χ4v) is 2.09. The molecule has 0 saturated carbocycles. The van der Waals surface area contributed by atoms with Gasteiger partial charge in [-0.2, -0.15) is 0 Å². The summed E-state index contributed by atoms with van der Waals surface area (Å²) in [5.74, 6) is -0.583. The number of pyridine rings is 1. The number of rotatable bonds is 7. The summed E-state index contributed by atoms with van der Waals surface area (Å²) in [7, 11) is 0. The molecule has 1 N–H and O–H groups in total. The van der Waals surface area contributed by atoms with Crippen LogP contribution in [0.25, 0.3) is 0 Å². The monoisotopic (exact) mass is 331 g/mol. The van der Waals surface area contributed by atoms with Gasteiger partial charge in [0.1, 0.15) is 6.54 Å². The summed E-state index contributed by atoms with van der Waals surface area (Å²) >= 11 is 0. The van der Waals surface area contributed by atoms with Gasteiger partial charge in [0.15, 0.2) is 12.4 Å². The molecular formula is C15H15N4O5+. The van der Waals surface area contributed by atoms with E-state index in [1.807, 2.05) is 35.2 Å². The van der Waals surface area contributed by atoms with Crippen LogP contribution in [0.15, 0.2) is 48.8 Å². The van der Waals surface area contributed by atoms with Crippen LogP contribution >= 0.6 is 0 Å². The molecule has 2 rings (SSSR count). The molecule has 0 bridgehead atoms. The van der Waals surface area contributed by atoms with Gasteiger partial charge in [0.25, 0.3) is 17.3 Å². The molecule has 1 aromatic carbocycles. The number of benzene rings is 1. The van der Waals surface area contributed by atoms with E-state index < -0.39 is 27.1 Å². The van der Waals surface area contributed by atoms with Crippen LogP contribution in [0.5, 0.6) is 0 Å². The Labute approximate surface area is 136 Å². The predicted molar refractivity (Wildman–Crippen MR) is 83.3 cm³/mol. The molecule has 0 unspecified atom stereocenters. The van der Waals surface area contributed by atoms with Crippen molar-refractivity contribution in [3.8, 4) is 0 Å². The Morgan fingerprint density at radius 2 is 1.58 bits per heavy atom. The van der Waals surface area contributed by atoms with Crippen LogP contribution in [0.3, 0.4) is 0 Å². The minimum Gasteiger partial charge on any atom is -0.352 e. The Kier molecular flexibility index (Phi) is 5.50. The number of hydrogen-bond donors (Lipinski definition) is 1. The van der Waals surface area contributed by atoms with E-state index in [-0.39, 0.29) is 5.56 Å². The van der Waals surface area contributed by atoms with Crippen LogP contribution < -0.4 is 9.88 Å². The molecule has 1 aromatic heterocycles. The van der Waals surface area contributed by atoms with Crippen molar-refractivity contribution in [2.24, 2.45) is 0 Å². The Hall–Kier alpha value is -3.36. The molecule has 1 heterocycles. The number of hydrogen-bond acceptors (Lipinski definition) is 5. The minimum atomic E-state index is -0.768. The summed E-state index contributed by atoms with van der Waals surface area (Å²) in [4.78, 5) is 32.1. The Bertz CT molecular complexity index is 731. The minimum absolute atomic E-state index is 0.108. The molecule has 9 heteroatoms. The SMILES string of the molecule is O=C(NCCC[n+]1ccccc1)c1cc([N+](=O)[O-])cc([N+](=O)[O-])c1. The van der Waals surface area contributed by atoms with Gasteiger partial charge in [0.2, 0.25) is 0 Å². The van der Waals surface area contributed by atoms with E-state index in [0.717, 1.165) is 18.2 Å². The van der Waals surface area contributed by atoms with Crippen molar-refractivity contribution in [3.05, 3.63) is 74.6 Å². The van der Waals surface area contributed by atoms with Crippen LogP contribution in [-0.4, -0.2) is 22.3 Å². The highest BCUT2D eigenvalue weighted by Crippen LogP contribution is 2.22. The lowest BCUT2D eigenvalue weighted by molar-refractivity contribution is -0.697. The molecule has 0 atom stereocenters. The van der Waals surface area contributed by atoms with Gasteiger partial charge in [-0.05, 0) is 0 Å². The van der Waals surface area contributed by atoms with Crippen molar-refractivity contribution in [2.45, 2.75) is 13.0 Å². The third-order valence-corrected chi connectivity index (χ3v) is 3.24. The molecule has 0 radical (unpaired) electrons. The molecule has 0 aliphatic rings. The molecule has 0 spiro atoms. The Balaban J connectivity index is 1.98. The zero-order valence-corrected chi connectivity index (χ0v) is 12.6. The maximum Gasteiger partial charge on any atom is 0.277 e. The second kappa shape index (κ2) is 7.77. The predicted octanol–water partition coefficient (Wildman–Crippen LogP) is 1.61. The first-order valence-corrected chi connectivity index (χ1v) is 7.13. The van der Waals surface area contributed by atoms with E-state index >= 15 is 0 Å². The highest BCUT2D eigenvalue weighted by Gasteiger charge is 2.19. The van der Waals surface area contributed by atoms with E-state index in [2.05, 4.69) is 5.32 Å². The second-order valence-corrected chi connectivity index (χ2v) is 4.98. The molecule has 0 fully saturated rings. The van der Waals surface area contributed by atoms with E-state index in [1.54, 1.807) is 0 Å². The fraction of sp³-hybridized carbons (Fsp3) is 0.200. The van der Waals surface area contributed by atoms with Gasteiger partial charge in [0, 0.05) is 37.2 Å². The first kappa shape index (κ1) is 17.0. The lowest BCUT2D eigenvalue weighted by Gasteiger charge is -2.04. The van der Waals surface area contributed by atoms with Crippen LogP contribution in [0.2, 0.25) is 0 Å². The lowest BCUT2D eigenvalue weighted by atomic mass is 10.1. The number of nitrogens with one attached hydrogen (secondary N) is 1. The first-order valence-electron chi connectivity index (χ1n) is 7.13. The van der Waals surface area contributed by atoms with Gasteiger partial charge in [-0.3, -0.25) is 25.0 Å². The van der Waals surface area contributed by atoms with Crippen LogP contribution in [0.4, 0.5) is 11.4 Å². The fourth-order valence-electron chi connectivity index (χ4n) is 2.09. The summed E-state index contributed by atoms with van der Waals surface area (Å²) in [6.07, 6.45) is 4.44. The van der Waals surface area contributed by atoms with Crippen molar-refractivity contribution in [3.63, 3.8) is 0 Å². The number of aromatic nitrogens is 1. The standard InChI is InChI=1S/C15H14N4O5/c20-15(16-5-4-8-17-6-2-1-3-7-17)12-9-13(18(21)22)11-14(10-12)19(23)24/h1-3,6-7,9-11H,4-5,8H2/p+1. The number of nitro benzene ring substituents is 2.